The molecule has 0 amide bonds. The SMILES string of the molecule is CC(C)(C)c1ccc(CSc2nc3ccccc3o2)cc1. The largest absolute Gasteiger partial charge is 0.431 e. The van der Waals surface area contributed by atoms with Crippen molar-refractivity contribution in [2.24, 2.45) is 0 Å². The standard InChI is InChI=1S/C18H19NOS/c1-18(2,3)14-10-8-13(9-11-14)12-21-17-19-15-6-4-5-7-16(15)20-17/h4-11H,12H2,1-3H3. The monoisotopic (exact) mass is 297 g/mol. The second kappa shape index (κ2) is 5.57. The number of nitrogens with zero attached hydrogens (tertiary/aromatic N) is 1. The third-order valence-corrected chi connectivity index (χ3v) is 4.36. The highest BCUT2D eigenvalue weighted by Crippen LogP contribution is 2.27. The van der Waals surface area contributed by atoms with Crippen molar-refractivity contribution >= 4 is 22.9 Å². The summed E-state index contributed by atoms with van der Waals surface area (Å²) in [4.78, 5) is 4.48. The molecule has 0 spiro atoms. The summed E-state index contributed by atoms with van der Waals surface area (Å²) in [5.41, 5.74) is 4.62. The van der Waals surface area contributed by atoms with Crippen LogP contribution >= 0.6 is 11.8 Å². The molecule has 2 nitrogen and oxygen atoms in total. The summed E-state index contributed by atoms with van der Waals surface area (Å²) in [5.74, 6) is 0.872. The first-order chi connectivity index (χ1) is 10.0. The Morgan fingerprint density at radius 3 is 2.38 bits per heavy atom. The molecular formula is C18H19NOS. The summed E-state index contributed by atoms with van der Waals surface area (Å²) < 4.78 is 5.72. The minimum atomic E-state index is 0.200. The van der Waals surface area contributed by atoms with Crippen LogP contribution in [0.2, 0.25) is 0 Å². The number of thioether (sulfide) groups is 1. The lowest BCUT2D eigenvalue weighted by Crippen LogP contribution is -2.10. The predicted octanol–water partition coefficient (Wildman–Crippen LogP) is 5.42. The summed E-state index contributed by atoms with van der Waals surface area (Å²) in [7, 11) is 0. The number of para-hydroxylation sites is 2. The molecule has 108 valence electrons. The predicted molar refractivity (Wildman–Crippen MR) is 88.7 cm³/mol. The minimum Gasteiger partial charge on any atom is -0.431 e. The molecule has 0 saturated heterocycles. The van der Waals surface area contributed by atoms with Gasteiger partial charge in [0, 0.05) is 5.75 Å². The van der Waals surface area contributed by atoms with E-state index in [0.29, 0.717) is 0 Å². The van der Waals surface area contributed by atoms with E-state index in [1.54, 1.807) is 11.8 Å². The topological polar surface area (TPSA) is 26.0 Å². The molecule has 0 aliphatic heterocycles. The number of hydrogen-bond acceptors (Lipinski definition) is 3. The van der Waals surface area contributed by atoms with Crippen molar-refractivity contribution in [2.75, 3.05) is 0 Å². The van der Waals surface area contributed by atoms with Crippen molar-refractivity contribution in [1.29, 1.82) is 0 Å². The first-order valence-electron chi connectivity index (χ1n) is 7.10. The molecule has 0 unspecified atom stereocenters. The van der Waals surface area contributed by atoms with E-state index in [-0.39, 0.29) is 5.41 Å². The summed E-state index contributed by atoms with van der Waals surface area (Å²) in [6.45, 7) is 6.69. The van der Waals surface area contributed by atoms with Crippen molar-refractivity contribution in [3.63, 3.8) is 0 Å². The van der Waals surface area contributed by atoms with Gasteiger partial charge in [-0.2, -0.15) is 0 Å². The molecule has 0 fully saturated rings. The second-order valence-corrected chi connectivity index (χ2v) is 7.11. The summed E-state index contributed by atoms with van der Waals surface area (Å²) >= 11 is 1.63. The Morgan fingerprint density at radius 1 is 1.00 bits per heavy atom. The molecule has 0 N–H and O–H groups in total. The molecule has 1 heterocycles. The molecule has 1 aromatic heterocycles. The lowest BCUT2D eigenvalue weighted by molar-refractivity contribution is 0.489. The van der Waals surface area contributed by atoms with Gasteiger partial charge in [0.1, 0.15) is 5.52 Å². The van der Waals surface area contributed by atoms with Crippen LogP contribution in [0.3, 0.4) is 0 Å². The quantitative estimate of drug-likeness (QED) is 0.604. The maximum atomic E-state index is 5.72. The highest BCUT2D eigenvalue weighted by molar-refractivity contribution is 7.98. The minimum absolute atomic E-state index is 0.200. The van der Waals surface area contributed by atoms with Crippen LogP contribution in [0.25, 0.3) is 11.1 Å². The van der Waals surface area contributed by atoms with Crippen LogP contribution in [0.4, 0.5) is 0 Å². The van der Waals surface area contributed by atoms with Gasteiger partial charge in [-0.3, -0.25) is 0 Å². The first-order valence-corrected chi connectivity index (χ1v) is 8.09. The van der Waals surface area contributed by atoms with Crippen molar-refractivity contribution in [2.45, 2.75) is 37.2 Å². The number of fused-ring (bicyclic) bond motifs is 1. The van der Waals surface area contributed by atoms with Crippen molar-refractivity contribution < 1.29 is 4.42 Å². The van der Waals surface area contributed by atoms with Crippen LogP contribution in [0.1, 0.15) is 31.9 Å². The van der Waals surface area contributed by atoms with Crippen LogP contribution < -0.4 is 0 Å². The van der Waals surface area contributed by atoms with E-state index in [1.807, 2.05) is 24.3 Å². The molecule has 21 heavy (non-hydrogen) atoms. The Hall–Kier alpha value is -1.74. The van der Waals surface area contributed by atoms with Gasteiger partial charge < -0.3 is 4.42 Å². The molecule has 0 saturated carbocycles. The zero-order valence-electron chi connectivity index (χ0n) is 12.6. The van der Waals surface area contributed by atoms with Crippen molar-refractivity contribution in [3.8, 4) is 0 Å². The molecular weight excluding hydrogens is 278 g/mol. The maximum Gasteiger partial charge on any atom is 0.257 e. The van der Waals surface area contributed by atoms with Gasteiger partial charge in [0.05, 0.1) is 0 Å². The average molecular weight is 297 g/mol. The Morgan fingerprint density at radius 2 is 1.71 bits per heavy atom. The van der Waals surface area contributed by atoms with Crippen molar-refractivity contribution in [3.05, 3.63) is 59.7 Å². The van der Waals surface area contributed by atoms with E-state index in [0.717, 1.165) is 22.1 Å². The zero-order chi connectivity index (χ0) is 14.9. The molecule has 0 aliphatic carbocycles. The maximum absolute atomic E-state index is 5.72. The van der Waals surface area contributed by atoms with Crippen LogP contribution in [-0.4, -0.2) is 4.98 Å². The number of benzene rings is 2. The second-order valence-electron chi connectivity index (χ2n) is 6.18. The van der Waals surface area contributed by atoms with E-state index in [9.17, 15) is 0 Å². The lowest BCUT2D eigenvalue weighted by atomic mass is 9.87. The average Bonchev–Trinajstić information content (AvgIpc) is 2.87. The van der Waals surface area contributed by atoms with Gasteiger partial charge in [-0.25, -0.2) is 4.98 Å². The smallest absolute Gasteiger partial charge is 0.257 e. The van der Waals surface area contributed by atoms with Gasteiger partial charge >= 0.3 is 0 Å². The highest BCUT2D eigenvalue weighted by Gasteiger charge is 2.13. The molecule has 0 aliphatic rings. The molecule has 2 aromatic carbocycles. The first kappa shape index (κ1) is 14.2. The van der Waals surface area contributed by atoms with E-state index in [4.69, 9.17) is 4.42 Å². The Balaban J connectivity index is 1.69. The third-order valence-electron chi connectivity index (χ3n) is 3.46. The van der Waals surface area contributed by atoms with Crippen LogP contribution in [0.15, 0.2) is 58.2 Å². The Kier molecular flexibility index (Phi) is 3.77. The van der Waals surface area contributed by atoms with Crippen LogP contribution in [0.5, 0.6) is 0 Å². The van der Waals surface area contributed by atoms with E-state index in [1.165, 1.54) is 11.1 Å². The fourth-order valence-electron chi connectivity index (χ4n) is 2.16. The fraction of sp³-hybridized carbons (Fsp3) is 0.278. The van der Waals surface area contributed by atoms with E-state index in [2.05, 4.69) is 50.0 Å². The number of aromatic nitrogens is 1. The molecule has 0 atom stereocenters. The summed E-state index contributed by atoms with van der Waals surface area (Å²) in [6, 6.07) is 16.7. The summed E-state index contributed by atoms with van der Waals surface area (Å²) in [6.07, 6.45) is 0. The zero-order valence-corrected chi connectivity index (χ0v) is 13.4. The molecule has 0 radical (unpaired) electrons. The fourth-order valence-corrected chi connectivity index (χ4v) is 2.95. The van der Waals surface area contributed by atoms with Gasteiger partial charge in [0.25, 0.3) is 5.22 Å². The van der Waals surface area contributed by atoms with Crippen LogP contribution in [-0.2, 0) is 11.2 Å². The Bertz CT molecular complexity index is 705. The molecule has 0 bridgehead atoms. The number of rotatable bonds is 3. The van der Waals surface area contributed by atoms with E-state index < -0.39 is 0 Å². The van der Waals surface area contributed by atoms with Gasteiger partial charge in [-0.15, -0.1) is 0 Å². The number of hydrogen-bond donors (Lipinski definition) is 0. The van der Waals surface area contributed by atoms with Gasteiger partial charge in [-0.1, -0.05) is 68.9 Å². The van der Waals surface area contributed by atoms with E-state index >= 15 is 0 Å². The third kappa shape index (κ3) is 3.30. The van der Waals surface area contributed by atoms with Crippen molar-refractivity contribution in [1.82, 2.24) is 4.98 Å². The molecule has 3 rings (SSSR count). The molecule has 3 heteroatoms. The van der Waals surface area contributed by atoms with Gasteiger partial charge in [0.15, 0.2) is 5.58 Å². The van der Waals surface area contributed by atoms with Crippen LogP contribution in [0, 0.1) is 0 Å². The Labute approximate surface area is 129 Å². The van der Waals surface area contributed by atoms with Gasteiger partial charge in [-0.05, 0) is 28.7 Å². The number of oxazole rings is 1. The highest BCUT2D eigenvalue weighted by atomic mass is 32.2. The summed E-state index contributed by atoms with van der Waals surface area (Å²) in [5, 5.41) is 0.732. The van der Waals surface area contributed by atoms with Gasteiger partial charge in [0.2, 0.25) is 0 Å². The normalized spacial score (nSPS) is 12.0. The molecule has 3 aromatic rings. The lowest BCUT2D eigenvalue weighted by Gasteiger charge is -2.19.